The van der Waals surface area contributed by atoms with Gasteiger partial charge in [-0.05, 0) is 30.3 Å². The quantitative estimate of drug-likeness (QED) is 0.0346. The molecule has 1 aromatic heterocycles. The van der Waals surface area contributed by atoms with Gasteiger partial charge in [-0.15, -0.1) is 0 Å². The Hall–Kier alpha value is -5.90. The summed E-state index contributed by atoms with van der Waals surface area (Å²) in [5.74, 6) is -3.83. The number of carbonyl (C=O) groups is 6. The van der Waals surface area contributed by atoms with E-state index >= 15 is 0 Å². The van der Waals surface area contributed by atoms with E-state index in [0.717, 1.165) is 22.4 Å². The first-order valence-corrected chi connectivity index (χ1v) is 17.5. The van der Waals surface area contributed by atoms with Crippen LogP contribution in [-0.2, 0) is 47.7 Å². The molecule has 0 fully saturated rings. The topological polar surface area (TPSA) is 195 Å². The SMILES string of the molecule is C=CC(=O)OCC(C)(C)COC(=O)CCC(=O)Oc1ccc(OC(=O)CCC(=O)OCC(C)(C)COC(=O)C=C)c(/C=N/Nc2nc3ccccc3s2)c1. The Kier molecular flexibility index (Phi) is 16.0. The predicted molar refractivity (Wildman–Crippen MR) is 199 cm³/mol. The number of rotatable bonds is 21. The Morgan fingerprint density at radius 3 is 1.80 bits per heavy atom. The predicted octanol–water partition coefficient (Wildman–Crippen LogP) is 5.71. The molecule has 0 radical (unpaired) electrons. The second kappa shape index (κ2) is 20.4. The summed E-state index contributed by atoms with van der Waals surface area (Å²) in [5, 5.41) is 4.71. The van der Waals surface area contributed by atoms with Crippen molar-refractivity contribution in [2.45, 2.75) is 53.4 Å². The summed E-state index contributed by atoms with van der Waals surface area (Å²) < 4.78 is 32.4. The lowest BCUT2D eigenvalue weighted by atomic mass is 9.96. The van der Waals surface area contributed by atoms with Crippen LogP contribution in [0.15, 0.2) is 72.9 Å². The van der Waals surface area contributed by atoms with Gasteiger partial charge in [-0.25, -0.2) is 14.6 Å². The van der Waals surface area contributed by atoms with Crippen molar-refractivity contribution < 1.29 is 57.2 Å². The molecule has 0 aliphatic carbocycles. The fourth-order valence-electron chi connectivity index (χ4n) is 4.06. The molecule has 0 atom stereocenters. The summed E-state index contributed by atoms with van der Waals surface area (Å²) in [7, 11) is 0. The molecule has 15 nitrogen and oxygen atoms in total. The number of nitrogens with zero attached hydrogens (tertiary/aromatic N) is 2. The van der Waals surface area contributed by atoms with Crippen molar-refractivity contribution in [2.75, 3.05) is 31.9 Å². The summed E-state index contributed by atoms with van der Waals surface area (Å²) in [4.78, 5) is 77.1. The molecular weight excluding hydrogens is 722 g/mol. The number of nitrogens with one attached hydrogen (secondary N) is 1. The van der Waals surface area contributed by atoms with E-state index in [-0.39, 0.29) is 69.2 Å². The molecule has 0 spiro atoms. The number of anilines is 1. The van der Waals surface area contributed by atoms with Crippen LogP contribution in [0.5, 0.6) is 11.5 Å². The van der Waals surface area contributed by atoms with Crippen LogP contribution < -0.4 is 14.9 Å². The summed E-state index contributed by atoms with van der Waals surface area (Å²) in [6.07, 6.45) is 2.26. The zero-order valence-electron chi connectivity index (χ0n) is 30.5. The number of fused-ring (bicyclic) bond motifs is 1. The molecule has 3 aromatic rings. The van der Waals surface area contributed by atoms with Gasteiger partial charge < -0.3 is 28.4 Å². The molecule has 0 unspecified atom stereocenters. The van der Waals surface area contributed by atoms with E-state index in [1.807, 2.05) is 24.3 Å². The Bertz CT molecular complexity index is 1850. The van der Waals surface area contributed by atoms with E-state index in [1.54, 1.807) is 27.7 Å². The average molecular weight is 766 g/mol. The number of aromatic nitrogens is 1. The van der Waals surface area contributed by atoms with E-state index in [4.69, 9.17) is 28.4 Å². The molecule has 0 bridgehead atoms. The lowest BCUT2D eigenvalue weighted by Crippen LogP contribution is -2.28. The third-order valence-corrected chi connectivity index (χ3v) is 7.89. The maximum absolute atomic E-state index is 12.8. The highest BCUT2D eigenvalue weighted by molar-refractivity contribution is 7.22. The average Bonchev–Trinajstić information content (AvgIpc) is 3.56. The highest BCUT2D eigenvalue weighted by atomic mass is 32.1. The normalized spacial score (nSPS) is 11.3. The van der Waals surface area contributed by atoms with Crippen molar-refractivity contribution in [3.63, 3.8) is 0 Å². The molecule has 1 N–H and O–H groups in total. The third kappa shape index (κ3) is 15.4. The van der Waals surface area contributed by atoms with Crippen LogP contribution in [0, 0.1) is 10.8 Å². The molecule has 54 heavy (non-hydrogen) atoms. The van der Waals surface area contributed by atoms with E-state index in [1.165, 1.54) is 35.8 Å². The maximum atomic E-state index is 12.8. The van der Waals surface area contributed by atoms with Gasteiger partial charge in [0.15, 0.2) is 0 Å². The Morgan fingerprint density at radius 1 is 0.722 bits per heavy atom. The molecule has 1 heterocycles. The molecule has 0 aliphatic heterocycles. The van der Waals surface area contributed by atoms with Gasteiger partial charge in [-0.3, -0.25) is 24.6 Å². The number of hydrogen-bond acceptors (Lipinski definition) is 16. The fraction of sp³-hybridized carbons (Fsp3) is 0.368. The smallest absolute Gasteiger partial charge is 0.330 e. The van der Waals surface area contributed by atoms with Gasteiger partial charge in [-0.1, -0.05) is 64.3 Å². The largest absolute Gasteiger partial charge is 0.465 e. The molecule has 0 aliphatic rings. The number of para-hydroxylation sites is 1. The molecular formula is C38H43N3O12S. The zero-order valence-corrected chi connectivity index (χ0v) is 31.4. The lowest BCUT2D eigenvalue weighted by molar-refractivity contribution is -0.153. The van der Waals surface area contributed by atoms with Crippen LogP contribution >= 0.6 is 11.3 Å². The maximum Gasteiger partial charge on any atom is 0.330 e. The van der Waals surface area contributed by atoms with Gasteiger partial charge in [0, 0.05) is 28.5 Å². The highest BCUT2D eigenvalue weighted by Gasteiger charge is 2.24. The van der Waals surface area contributed by atoms with Gasteiger partial charge in [-0.2, -0.15) is 5.10 Å². The number of thiazole rings is 1. The third-order valence-electron chi connectivity index (χ3n) is 6.95. The monoisotopic (exact) mass is 765 g/mol. The standard InChI is InChI=1S/C38H43N3O12S/c1-7-30(42)48-21-37(3,4)23-50-32(44)15-17-34(46)52-26-13-14-28(25(19-26)20-39-41-36-40-27-11-9-10-12-29(27)54-36)53-35(47)18-16-33(45)51-24-38(5,6)22-49-31(43)8-2/h7-14,19-20H,1-2,15-18,21-24H2,3-6H3,(H,40,41)/b39-20+. The highest BCUT2D eigenvalue weighted by Crippen LogP contribution is 2.27. The van der Waals surface area contributed by atoms with Crippen LogP contribution in [0.2, 0.25) is 0 Å². The first-order chi connectivity index (χ1) is 25.6. The van der Waals surface area contributed by atoms with E-state index in [9.17, 15) is 28.8 Å². The molecule has 3 rings (SSSR count). The van der Waals surface area contributed by atoms with Crippen LogP contribution in [0.4, 0.5) is 5.13 Å². The number of hydrogen-bond donors (Lipinski definition) is 1. The number of ether oxygens (including phenoxy) is 6. The van der Waals surface area contributed by atoms with E-state index in [0.29, 0.717) is 5.13 Å². The van der Waals surface area contributed by atoms with Gasteiger partial charge in [0.2, 0.25) is 5.13 Å². The first kappa shape index (κ1) is 42.5. The van der Waals surface area contributed by atoms with Crippen molar-refractivity contribution in [1.29, 1.82) is 0 Å². The van der Waals surface area contributed by atoms with Crippen molar-refractivity contribution in [3.8, 4) is 11.5 Å². The summed E-state index contributed by atoms with van der Waals surface area (Å²) >= 11 is 1.37. The Balaban J connectivity index is 1.61. The Labute approximate surface area is 316 Å². The van der Waals surface area contributed by atoms with Crippen molar-refractivity contribution in [3.05, 3.63) is 73.3 Å². The number of esters is 6. The van der Waals surface area contributed by atoms with Crippen LogP contribution in [0.3, 0.4) is 0 Å². The summed E-state index contributed by atoms with van der Waals surface area (Å²) in [6, 6.07) is 11.7. The number of hydrazone groups is 1. The minimum Gasteiger partial charge on any atom is -0.465 e. The van der Waals surface area contributed by atoms with Gasteiger partial charge in [0.05, 0.1) is 68.5 Å². The van der Waals surface area contributed by atoms with Crippen LogP contribution in [0.1, 0.15) is 58.9 Å². The molecule has 0 saturated carbocycles. The molecule has 0 amide bonds. The summed E-state index contributed by atoms with van der Waals surface area (Å²) in [6.45, 7) is 13.5. The second-order valence-electron chi connectivity index (χ2n) is 13.3. The van der Waals surface area contributed by atoms with Gasteiger partial charge >= 0.3 is 35.8 Å². The summed E-state index contributed by atoms with van der Waals surface area (Å²) in [5.41, 5.74) is 2.52. The van der Waals surface area contributed by atoms with E-state index in [2.05, 4.69) is 28.7 Å². The van der Waals surface area contributed by atoms with Crippen LogP contribution in [0.25, 0.3) is 10.2 Å². The minimum atomic E-state index is -0.745. The minimum absolute atomic E-state index is 0.000347. The molecule has 0 saturated heterocycles. The lowest BCUT2D eigenvalue weighted by Gasteiger charge is -2.23. The second-order valence-corrected chi connectivity index (χ2v) is 14.3. The fourth-order valence-corrected chi connectivity index (χ4v) is 4.87. The molecule has 16 heteroatoms. The van der Waals surface area contributed by atoms with Crippen molar-refractivity contribution in [2.24, 2.45) is 15.9 Å². The van der Waals surface area contributed by atoms with Gasteiger partial charge in [0.1, 0.15) is 11.5 Å². The first-order valence-electron chi connectivity index (χ1n) is 16.7. The molecule has 288 valence electrons. The van der Waals surface area contributed by atoms with E-state index < -0.39 is 46.6 Å². The molecule has 2 aromatic carbocycles. The van der Waals surface area contributed by atoms with Crippen molar-refractivity contribution in [1.82, 2.24) is 4.98 Å². The Morgan fingerprint density at radius 2 is 1.24 bits per heavy atom. The number of carbonyl (C=O) groups excluding carboxylic acids is 6. The zero-order chi connectivity index (χ0) is 39.7. The van der Waals surface area contributed by atoms with Gasteiger partial charge in [0.25, 0.3) is 0 Å². The van der Waals surface area contributed by atoms with Crippen molar-refractivity contribution >= 4 is 68.7 Å². The van der Waals surface area contributed by atoms with Crippen LogP contribution in [-0.4, -0.2) is 73.4 Å². The number of benzene rings is 2.